The molecule has 2 aromatic carbocycles. The molecule has 0 atom stereocenters. The smallest absolute Gasteiger partial charge is 0.193 e. The van der Waals surface area contributed by atoms with Gasteiger partial charge in [-0.25, -0.2) is 4.99 Å². The number of nitrogens with one attached hydrogen (secondary N) is 1. The molecule has 0 fully saturated rings. The lowest BCUT2D eigenvalue weighted by Crippen LogP contribution is -2.22. The zero-order valence-corrected chi connectivity index (χ0v) is 14.5. The number of anilines is 1. The van der Waals surface area contributed by atoms with Crippen LogP contribution < -0.4 is 25.3 Å². The summed E-state index contributed by atoms with van der Waals surface area (Å²) in [6.07, 6.45) is 0.876. The van der Waals surface area contributed by atoms with Crippen molar-refractivity contribution in [1.82, 2.24) is 0 Å². The molecule has 6 heteroatoms. The molecule has 0 amide bonds. The topological polar surface area (TPSA) is 78.1 Å². The average Bonchev–Trinajstić information content (AvgIpc) is 2.86. The molecule has 1 aliphatic heterocycles. The molecule has 0 radical (unpaired) electrons. The van der Waals surface area contributed by atoms with E-state index in [-0.39, 0.29) is 0 Å². The Balaban J connectivity index is 1.66. The maximum Gasteiger partial charge on any atom is 0.193 e. The van der Waals surface area contributed by atoms with Crippen LogP contribution in [0.1, 0.15) is 17.5 Å². The maximum atomic E-state index is 6.00. The highest BCUT2D eigenvalue weighted by molar-refractivity contribution is 5.92. The molecular formula is C19H23N3O3. The van der Waals surface area contributed by atoms with Crippen molar-refractivity contribution in [3.05, 3.63) is 47.5 Å². The molecule has 25 heavy (non-hydrogen) atoms. The third-order valence-corrected chi connectivity index (χ3v) is 3.92. The summed E-state index contributed by atoms with van der Waals surface area (Å²) < 4.78 is 16.6. The van der Waals surface area contributed by atoms with Crippen LogP contribution in [-0.4, -0.2) is 26.3 Å². The van der Waals surface area contributed by atoms with Gasteiger partial charge in [0.15, 0.2) is 17.5 Å². The molecule has 0 aliphatic carbocycles. The van der Waals surface area contributed by atoms with Crippen LogP contribution in [0.25, 0.3) is 0 Å². The molecule has 1 heterocycles. The van der Waals surface area contributed by atoms with Crippen LogP contribution in [0.2, 0.25) is 0 Å². The van der Waals surface area contributed by atoms with Gasteiger partial charge < -0.3 is 25.3 Å². The first kappa shape index (κ1) is 17.0. The first-order valence-electron chi connectivity index (χ1n) is 8.26. The van der Waals surface area contributed by atoms with Crippen LogP contribution in [0.3, 0.4) is 0 Å². The number of nitrogens with zero attached hydrogens (tertiary/aromatic N) is 1. The fourth-order valence-corrected chi connectivity index (χ4v) is 2.57. The van der Waals surface area contributed by atoms with Crippen molar-refractivity contribution in [2.75, 3.05) is 25.6 Å². The van der Waals surface area contributed by atoms with Gasteiger partial charge in [0.05, 0.1) is 26.9 Å². The van der Waals surface area contributed by atoms with E-state index in [9.17, 15) is 0 Å². The number of fused-ring (bicyclic) bond motifs is 1. The number of rotatable bonds is 4. The number of hydrogen-bond acceptors (Lipinski definition) is 4. The molecule has 2 aromatic rings. The lowest BCUT2D eigenvalue weighted by molar-refractivity contribution is 0.297. The molecule has 0 bridgehead atoms. The van der Waals surface area contributed by atoms with Gasteiger partial charge in [0.2, 0.25) is 0 Å². The molecule has 0 spiro atoms. The first-order chi connectivity index (χ1) is 12.2. The SMILES string of the molecule is COc1cc(CN=C(N)Nc2ccc3c(c2)OCCCO3)ccc1C. The first-order valence-corrected chi connectivity index (χ1v) is 8.26. The second-order valence-corrected chi connectivity index (χ2v) is 5.84. The number of methoxy groups -OCH3 is 1. The van der Waals surface area contributed by atoms with Crippen molar-refractivity contribution >= 4 is 11.6 Å². The zero-order chi connectivity index (χ0) is 17.6. The minimum Gasteiger partial charge on any atom is -0.496 e. The van der Waals surface area contributed by atoms with Gasteiger partial charge in [-0.1, -0.05) is 12.1 Å². The number of hydrogen-bond donors (Lipinski definition) is 2. The summed E-state index contributed by atoms with van der Waals surface area (Å²) in [5.74, 6) is 2.67. The van der Waals surface area contributed by atoms with E-state index in [0.29, 0.717) is 25.7 Å². The largest absolute Gasteiger partial charge is 0.496 e. The van der Waals surface area contributed by atoms with Gasteiger partial charge in [-0.05, 0) is 36.2 Å². The van der Waals surface area contributed by atoms with E-state index in [0.717, 1.165) is 40.5 Å². The van der Waals surface area contributed by atoms with E-state index < -0.39 is 0 Å². The van der Waals surface area contributed by atoms with Gasteiger partial charge in [-0.3, -0.25) is 0 Å². The number of benzene rings is 2. The number of guanidine groups is 1. The van der Waals surface area contributed by atoms with Gasteiger partial charge in [0, 0.05) is 18.2 Å². The highest BCUT2D eigenvalue weighted by atomic mass is 16.5. The predicted octanol–water partition coefficient (Wildman–Crippen LogP) is 3.09. The van der Waals surface area contributed by atoms with Crippen LogP contribution in [-0.2, 0) is 6.54 Å². The average molecular weight is 341 g/mol. The van der Waals surface area contributed by atoms with E-state index >= 15 is 0 Å². The second-order valence-electron chi connectivity index (χ2n) is 5.84. The number of nitrogens with two attached hydrogens (primary N) is 1. The summed E-state index contributed by atoms with van der Waals surface area (Å²) in [5.41, 5.74) is 8.93. The Kier molecular flexibility index (Phi) is 5.28. The summed E-state index contributed by atoms with van der Waals surface area (Å²) in [5, 5.41) is 3.08. The van der Waals surface area contributed by atoms with E-state index in [2.05, 4.69) is 10.3 Å². The van der Waals surface area contributed by atoms with Crippen LogP contribution in [0.15, 0.2) is 41.4 Å². The Morgan fingerprint density at radius 1 is 1.16 bits per heavy atom. The Hall–Kier alpha value is -2.89. The number of ether oxygens (including phenoxy) is 3. The van der Waals surface area contributed by atoms with Gasteiger partial charge in [0.25, 0.3) is 0 Å². The van der Waals surface area contributed by atoms with Crippen molar-refractivity contribution in [3.63, 3.8) is 0 Å². The minimum atomic E-state index is 0.342. The van der Waals surface area contributed by atoms with Crippen molar-refractivity contribution in [2.45, 2.75) is 19.9 Å². The Morgan fingerprint density at radius 3 is 2.76 bits per heavy atom. The van der Waals surface area contributed by atoms with E-state index in [1.165, 1.54) is 0 Å². The molecule has 1 aliphatic rings. The van der Waals surface area contributed by atoms with Crippen LogP contribution >= 0.6 is 0 Å². The van der Waals surface area contributed by atoms with E-state index in [1.807, 2.05) is 43.3 Å². The molecule has 0 saturated carbocycles. The molecular weight excluding hydrogens is 318 g/mol. The van der Waals surface area contributed by atoms with Crippen molar-refractivity contribution in [2.24, 2.45) is 10.7 Å². The fourth-order valence-electron chi connectivity index (χ4n) is 2.57. The Labute approximate surface area is 147 Å². The standard InChI is InChI=1S/C19H23N3O3/c1-13-4-5-14(10-17(13)23-2)12-21-19(20)22-15-6-7-16-18(11-15)25-9-3-8-24-16/h4-7,10-11H,3,8-9,12H2,1-2H3,(H3,20,21,22). The Bertz CT molecular complexity index is 775. The highest BCUT2D eigenvalue weighted by Crippen LogP contribution is 2.32. The predicted molar refractivity (Wildman–Crippen MR) is 98.7 cm³/mol. The zero-order valence-electron chi connectivity index (χ0n) is 14.5. The van der Waals surface area contributed by atoms with E-state index in [1.54, 1.807) is 7.11 Å². The number of aliphatic imine (C=N–C) groups is 1. The lowest BCUT2D eigenvalue weighted by atomic mass is 10.1. The van der Waals surface area contributed by atoms with Crippen LogP contribution in [0.5, 0.6) is 17.2 Å². The van der Waals surface area contributed by atoms with Gasteiger partial charge in [-0.2, -0.15) is 0 Å². The minimum absolute atomic E-state index is 0.342. The molecule has 0 saturated heterocycles. The van der Waals surface area contributed by atoms with Gasteiger partial charge in [-0.15, -0.1) is 0 Å². The highest BCUT2D eigenvalue weighted by Gasteiger charge is 2.10. The van der Waals surface area contributed by atoms with Gasteiger partial charge in [0.1, 0.15) is 5.75 Å². The summed E-state index contributed by atoms with van der Waals surface area (Å²) in [6.45, 7) is 3.80. The van der Waals surface area contributed by atoms with Crippen molar-refractivity contribution in [1.29, 1.82) is 0 Å². The summed E-state index contributed by atoms with van der Waals surface area (Å²) in [6, 6.07) is 11.6. The molecule has 132 valence electrons. The monoisotopic (exact) mass is 341 g/mol. The third kappa shape index (κ3) is 4.35. The van der Waals surface area contributed by atoms with Crippen LogP contribution in [0, 0.1) is 6.92 Å². The fraction of sp³-hybridized carbons (Fsp3) is 0.316. The quantitative estimate of drug-likeness (QED) is 0.660. The van der Waals surface area contributed by atoms with Crippen LogP contribution in [0.4, 0.5) is 5.69 Å². The van der Waals surface area contributed by atoms with Gasteiger partial charge >= 0.3 is 0 Å². The molecule has 3 rings (SSSR count). The summed E-state index contributed by atoms with van der Waals surface area (Å²) in [4.78, 5) is 4.38. The van der Waals surface area contributed by atoms with Crippen molar-refractivity contribution < 1.29 is 14.2 Å². The molecule has 3 N–H and O–H groups in total. The second kappa shape index (κ2) is 7.79. The molecule has 6 nitrogen and oxygen atoms in total. The summed E-state index contributed by atoms with van der Waals surface area (Å²) in [7, 11) is 1.66. The maximum absolute atomic E-state index is 6.00. The third-order valence-electron chi connectivity index (χ3n) is 3.92. The number of aryl methyl sites for hydroxylation is 1. The summed E-state index contributed by atoms with van der Waals surface area (Å²) >= 11 is 0. The molecule has 0 aromatic heterocycles. The normalized spacial score (nSPS) is 13.9. The van der Waals surface area contributed by atoms with E-state index in [4.69, 9.17) is 19.9 Å². The van der Waals surface area contributed by atoms with Crippen molar-refractivity contribution in [3.8, 4) is 17.2 Å². The lowest BCUT2D eigenvalue weighted by Gasteiger charge is -2.11. The molecule has 0 unspecified atom stereocenters. The Morgan fingerprint density at radius 2 is 1.96 bits per heavy atom.